The first-order chi connectivity index (χ1) is 9.80. The first-order valence-corrected chi connectivity index (χ1v) is 7.82. The van der Waals surface area contributed by atoms with Gasteiger partial charge < -0.3 is 14.8 Å². The lowest BCUT2D eigenvalue weighted by Crippen LogP contribution is -2.33. The number of hydrogen-bond donors (Lipinski definition) is 1. The highest BCUT2D eigenvalue weighted by atomic mass is 16.5. The average molecular weight is 277 g/mol. The van der Waals surface area contributed by atoms with Crippen molar-refractivity contribution in [2.75, 3.05) is 20.3 Å². The summed E-state index contributed by atoms with van der Waals surface area (Å²) in [5, 5.41) is 3.65. The van der Waals surface area contributed by atoms with Crippen LogP contribution < -0.4 is 10.1 Å². The number of ether oxygens (including phenoxy) is 2. The topological polar surface area (TPSA) is 30.5 Å². The van der Waals surface area contributed by atoms with E-state index < -0.39 is 0 Å². The summed E-state index contributed by atoms with van der Waals surface area (Å²) in [6.07, 6.45) is 4.59. The van der Waals surface area contributed by atoms with Crippen LogP contribution in [-0.4, -0.2) is 26.4 Å². The number of benzene rings is 1. The molecule has 0 bridgehead atoms. The lowest BCUT2D eigenvalue weighted by Gasteiger charge is -2.27. The number of methoxy groups -OCH3 is 1. The van der Waals surface area contributed by atoms with Gasteiger partial charge in [0.15, 0.2) is 0 Å². The second kappa shape index (κ2) is 7.65. The Hall–Kier alpha value is -1.06. The fourth-order valence-electron chi connectivity index (χ4n) is 2.87. The molecule has 2 atom stereocenters. The third-order valence-corrected chi connectivity index (χ3v) is 3.93. The summed E-state index contributed by atoms with van der Waals surface area (Å²) in [6.45, 7) is 6.23. The van der Waals surface area contributed by atoms with Crippen molar-refractivity contribution in [3.8, 4) is 5.75 Å². The van der Waals surface area contributed by atoms with E-state index in [9.17, 15) is 0 Å². The van der Waals surface area contributed by atoms with Gasteiger partial charge in [0.2, 0.25) is 0 Å². The summed E-state index contributed by atoms with van der Waals surface area (Å²) in [7, 11) is 1.82. The lowest BCUT2D eigenvalue weighted by atomic mass is 9.95. The average Bonchev–Trinajstić information content (AvgIpc) is 2.94. The first-order valence-electron chi connectivity index (χ1n) is 7.82. The minimum absolute atomic E-state index is 0.229. The minimum Gasteiger partial charge on any atom is -0.493 e. The van der Waals surface area contributed by atoms with E-state index >= 15 is 0 Å². The van der Waals surface area contributed by atoms with E-state index in [2.05, 4.69) is 37.4 Å². The second-order valence-electron chi connectivity index (χ2n) is 5.46. The van der Waals surface area contributed by atoms with Gasteiger partial charge in [-0.3, -0.25) is 0 Å². The van der Waals surface area contributed by atoms with E-state index in [1.807, 2.05) is 7.11 Å². The van der Waals surface area contributed by atoms with E-state index in [1.165, 1.54) is 11.1 Å². The van der Waals surface area contributed by atoms with Crippen molar-refractivity contribution in [3.63, 3.8) is 0 Å². The third-order valence-electron chi connectivity index (χ3n) is 3.93. The highest BCUT2D eigenvalue weighted by Gasteiger charge is 2.23. The molecule has 0 saturated heterocycles. The molecule has 1 aliphatic heterocycles. The zero-order chi connectivity index (χ0) is 14.4. The number of rotatable bonds is 8. The molecule has 3 nitrogen and oxygen atoms in total. The Balaban J connectivity index is 2.20. The Bertz CT molecular complexity index is 419. The maximum absolute atomic E-state index is 5.73. The summed E-state index contributed by atoms with van der Waals surface area (Å²) >= 11 is 0. The predicted molar refractivity (Wildman–Crippen MR) is 82.4 cm³/mol. The predicted octanol–water partition coefficient (Wildman–Crippen LogP) is 3.48. The van der Waals surface area contributed by atoms with Crippen LogP contribution >= 0.6 is 0 Å². The van der Waals surface area contributed by atoms with Crippen LogP contribution in [0.3, 0.4) is 0 Å². The van der Waals surface area contributed by atoms with Gasteiger partial charge in [-0.2, -0.15) is 0 Å². The van der Waals surface area contributed by atoms with Crippen molar-refractivity contribution in [2.45, 2.75) is 51.7 Å². The molecule has 112 valence electrons. The third kappa shape index (κ3) is 3.53. The second-order valence-corrected chi connectivity index (χ2v) is 5.46. The highest BCUT2D eigenvalue weighted by Crippen LogP contribution is 2.30. The van der Waals surface area contributed by atoms with Crippen molar-refractivity contribution in [2.24, 2.45) is 0 Å². The van der Waals surface area contributed by atoms with Crippen LogP contribution in [0.2, 0.25) is 0 Å². The number of fused-ring (bicyclic) bond motifs is 1. The largest absolute Gasteiger partial charge is 0.493 e. The summed E-state index contributed by atoms with van der Waals surface area (Å²) in [4.78, 5) is 0. The quantitative estimate of drug-likeness (QED) is 0.789. The molecule has 1 aromatic carbocycles. The molecule has 0 aliphatic carbocycles. The standard InChI is InChI=1S/C17H27NO2/c1-4-6-16(19-3)17(18-10-5-2)14-7-8-15-13(12-14)9-11-20-15/h7-8,12,16-18H,4-6,9-11H2,1-3H3. The van der Waals surface area contributed by atoms with Gasteiger partial charge in [-0.05, 0) is 36.6 Å². The van der Waals surface area contributed by atoms with Gasteiger partial charge in [-0.15, -0.1) is 0 Å². The minimum atomic E-state index is 0.229. The summed E-state index contributed by atoms with van der Waals surface area (Å²) in [6, 6.07) is 6.85. The maximum atomic E-state index is 5.73. The van der Waals surface area contributed by atoms with Crippen molar-refractivity contribution < 1.29 is 9.47 Å². The Morgan fingerprint density at radius 3 is 2.85 bits per heavy atom. The fraction of sp³-hybridized carbons (Fsp3) is 0.647. The molecule has 0 amide bonds. The zero-order valence-corrected chi connectivity index (χ0v) is 12.9. The summed E-state index contributed by atoms with van der Waals surface area (Å²) < 4.78 is 11.3. The molecule has 1 aliphatic rings. The SMILES string of the molecule is CCCNC(c1ccc2c(c1)CCO2)C(CCC)OC. The monoisotopic (exact) mass is 277 g/mol. The molecule has 20 heavy (non-hydrogen) atoms. The molecule has 0 fully saturated rings. The molecule has 3 heteroatoms. The molecule has 0 aromatic heterocycles. The molecule has 1 N–H and O–H groups in total. The molecule has 1 heterocycles. The molecule has 0 saturated carbocycles. The van der Waals surface area contributed by atoms with E-state index in [1.54, 1.807) is 0 Å². The van der Waals surface area contributed by atoms with Crippen molar-refractivity contribution in [1.82, 2.24) is 5.32 Å². The lowest BCUT2D eigenvalue weighted by molar-refractivity contribution is 0.0606. The smallest absolute Gasteiger partial charge is 0.122 e. The molecule has 0 radical (unpaired) electrons. The van der Waals surface area contributed by atoms with Crippen LogP contribution in [0, 0.1) is 0 Å². The molecule has 0 spiro atoms. The molecule has 2 unspecified atom stereocenters. The van der Waals surface area contributed by atoms with Gasteiger partial charge in [0, 0.05) is 13.5 Å². The van der Waals surface area contributed by atoms with Crippen molar-refractivity contribution in [3.05, 3.63) is 29.3 Å². The molecule has 2 rings (SSSR count). The van der Waals surface area contributed by atoms with Crippen molar-refractivity contribution >= 4 is 0 Å². The molecular formula is C17H27NO2. The van der Waals surface area contributed by atoms with Crippen LogP contribution in [0.15, 0.2) is 18.2 Å². The van der Waals surface area contributed by atoms with E-state index in [0.29, 0.717) is 0 Å². The molecular weight excluding hydrogens is 250 g/mol. The van der Waals surface area contributed by atoms with Crippen LogP contribution in [-0.2, 0) is 11.2 Å². The van der Waals surface area contributed by atoms with Gasteiger partial charge >= 0.3 is 0 Å². The number of nitrogens with one attached hydrogen (secondary N) is 1. The van der Waals surface area contributed by atoms with Crippen molar-refractivity contribution in [1.29, 1.82) is 0 Å². The Morgan fingerprint density at radius 1 is 1.30 bits per heavy atom. The van der Waals surface area contributed by atoms with Crippen LogP contribution in [0.5, 0.6) is 5.75 Å². The Labute approximate surface area is 122 Å². The number of hydrogen-bond acceptors (Lipinski definition) is 3. The Morgan fingerprint density at radius 2 is 2.15 bits per heavy atom. The van der Waals surface area contributed by atoms with E-state index in [4.69, 9.17) is 9.47 Å². The van der Waals surface area contributed by atoms with Crippen LogP contribution in [0.4, 0.5) is 0 Å². The zero-order valence-electron chi connectivity index (χ0n) is 12.9. The van der Waals surface area contributed by atoms with Gasteiger partial charge in [0.1, 0.15) is 5.75 Å². The van der Waals surface area contributed by atoms with E-state index in [0.717, 1.165) is 44.6 Å². The van der Waals surface area contributed by atoms with E-state index in [-0.39, 0.29) is 12.1 Å². The molecule has 1 aromatic rings. The van der Waals surface area contributed by atoms with Crippen LogP contribution in [0.25, 0.3) is 0 Å². The first kappa shape index (κ1) is 15.3. The highest BCUT2D eigenvalue weighted by molar-refractivity contribution is 5.41. The maximum Gasteiger partial charge on any atom is 0.122 e. The normalized spacial score (nSPS) is 16.6. The van der Waals surface area contributed by atoms with Gasteiger partial charge in [0.25, 0.3) is 0 Å². The van der Waals surface area contributed by atoms with Crippen LogP contribution in [0.1, 0.15) is 50.3 Å². The van der Waals surface area contributed by atoms with Gasteiger partial charge in [0.05, 0.1) is 18.8 Å². The van der Waals surface area contributed by atoms with Gasteiger partial charge in [-0.25, -0.2) is 0 Å². The van der Waals surface area contributed by atoms with Gasteiger partial charge in [-0.1, -0.05) is 32.4 Å². The summed E-state index contributed by atoms with van der Waals surface area (Å²) in [5.41, 5.74) is 2.65. The fourth-order valence-corrected chi connectivity index (χ4v) is 2.87. The summed E-state index contributed by atoms with van der Waals surface area (Å²) in [5.74, 6) is 1.05. The Kier molecular flexibility index (Phi) is 5.86.